The van der Waals surface area contributed by atoms with Crippen molar-refractivity contribution in [2.45, 2.75) is 10.8 Å². The molecule has 0 heterocycles. The molecule has 3 aromatic carbocycles. The average molecular weight is 343 g/mol. The van der Waals surface area contributed by atoms with Gasteiger partial charge in [-0.15, -0.1) is 23.2 Å². The molecule has 1 unspecified atom stereocenters. The summed E-state index contributed by atoms with van der Waals surface area (Å²) in [6.45, 7) is 0. The van der Waals surface area contributed by atoms with Gasteiger partial charge in [-0.25, -0.2) is 0 Å². The average Bonchev–Trinajstić information content (AvgIpc) is 2.58. The molecule has 116 valence electrons. The summed E-state index contributed by atoms with van der Waals surface area (Å²) in [5.74, 6) is 1.53. The molecule has 0 fully saturated rings. The Balaban J connectivity index is 1.82. The first-order valence-electron chi connectivity index (χ1n) is 7.40. The molecular weight excluding hydrogens is 327 g/mol. The first kappa shape index (κ1) is 15.9. The summed E-state index contributed by atoms with van der Waals surface area (Å²) in [7, 11) is 0. The summed E-state index contributed by atoms with van der Waals surface area (Å²) >= 11 is 12.4. The van der Waals surface area contributed by atoms with Crippen molar-refractivity contribution in [3.8, 4) is 11.5 Å². The van der Waals surface area contributed by atoms with Crippen LogP contribution in [0.5, 0.6) is 11.5 Å². The molecule has 0 radical (unpaired) electrons. The lowest BCUT2D eigenvalue weighted by Gasteiger charge is -2.19. The molecule has 0 amide bonds. The molecule has 3 rings (SSSR count). The maximum Gasteiger partial charge on any atom is 0.127 e. The zero-order valence-electron chi connectivity index (χ0n) is 12.4. The van der Waals surface area contributed by atoms with E-state index in [-0.39, 0.29) is 5.92 Å². The van der Waals surface area contributed by atoms with E-state index in [1.807, 2.05) is 84.9 Å². The molecule has 0 aromatic heterocycles. The smallest absolute Gasteiger partial charge is 0.127 e. The van der Waals surface area contributed by atoms with E-state index in [0.29, 0.717) is 0 Å². The van der Waals surface area contributed by atoms with E-state index < -0.39 is 4.84 Å². The van der Waals surface area contributed by atoms with Crippen LogP contribution in [0.2, 0.25) is 0 Å². The second kappa shape index (κ2) is 7.54. The van der Waals surface area contributed by atoms with Crippen LogP contribution < -0.4 is 4.74 Å². The molecule has 0 aliphatic carbocycles. The summed E-state index contributed by atoms with van der Waals surface area (Å²) in [5, 5.41) is 0. The lowest BCUT2D eigenvalue weighted by atomic mass is 9.93. The highest BCUT2D eigenvalue weighted by atomic mass is 35.5. The normalized spacial score (nSPS) is 12.1. The van der Waals surface area contributed by atoms with Gasteiger partial charge in [0.2, 0.25) is 0 Å². The topological polar surface area (TPSA) is 9.23 Å². The van der Waals surface area contributed by atoms with Gasteiger partial charge in [0.1, 0.15) is 16.3 Å². The zero-order valence-corrected chi connectivity index (χ0v) is 13.9. The van der Waals surface area contributed by atoms with Crippen LogP contribution in [0.3, 0.4) is 0 Å². The van der Waals surface area contributed by atoms with E-state index in [4.69, 9.17) is 27.9 Å². The monoisotopic (exact) mass is 342 g/mol. The Morgan fingerprint density at radius 2 is 1.04 bits per heavy atom. The van der Waals surface area contributed by atoms with E-state index >= 15 is 0 Å². The van der Waals surface area contributed by atoms with Crippen molar-refractivity contribution in [3.05, 3.63) is 96.1 Å². The van der Waals surface area contributed by atoms with Crippen LogP contribution in [0.4, 0.5) is 0 Å². The lowest BCUT2D eigenvalue weighted by molar-refractivity contribution is 0.482. The predicted molar refractivity (Wildman–Crippen MR) is 96.7 cm³/mol. The Hall–Kier alpha value is -1.96. The fraction of sp³-hybridized carbons (Fsp3) is 0.100. The Morgan fingerprint density at radius 3 is 1.61 bits per heavy atom. The van der Waals surface area contributed by atoms with Crippen molar-refractivity contribution in [1.29, 1.82) is 0 Å². The fourth-order valence-corrected chi connectivity index (χ4v) is 3.09. The second-order valence-corrected chi connectivity index (χ2v) is 6.37. The molecule has 23 heavy (non-hydrogen) atoms. The van der Waals surface area contributed by atoms with Crippen LogP contribution >= 0.6 is 23.2 Å². The molecule has 0 spiro atoms. The third-order valence-corrected chi connectivity index (χ3v) is 4.13. The first-order valence-corrected chi connectivity index (χ1v) is 8.27. The van der Waals surface area contributed by atoms with Crippen LogP contribution in [0, 0.1) is 0 Å². The molecule has 0 saturated carbocycles. The lowest BCUT2D eigenvalue weighted by Crippen LogP contribution is -2.08. The number of ether oxygens (including phenoxy) is 1. The first-order chi connectivity index (χ1) is 11.2. The quantitative estimate of drug-likeness (QED) is 0.486. The summed E-state index contributed by atoms with van der Waals surface area (Å²) in [6, 6.07) is 27.6. The number of halogens is 2. The van der Waals surface area contributed by atoms with Crippen molar-refractivity contribution in [2.75, 3.05) is 0 Å². The third-order valence-electron chi connectivity index (χ3n) is 3.63. The van der Waals surface area contributed by atoms with E-state index in [1.165, 1.54) is 0 Å². The van der Waals surface area contributed by atoms with Crippen molar-refractivity contribution < 1.29 is 4.74 Å². The number of para-hydroxylation sites is 1. The SMILES string of the molecule is ClC(Cl)C(c1ccccc1)c1ccc(Oc2ccccc2)cc1. The van der Waals surface area contributed by atoms with E-state index in [0.717, 1.165) is 22.6 Å². The molecular formula is C20H16Cl2O. The minimum Gasteiger partial charge on any atom is -0.457 e. The Morgan fingerprint density at radius 1 is 0.565 bits per heavy atom. The summed E-state index contributed by atoms with van der Waals surface area (Å²) in [6.07, 6.45) is 0. The second-order valence-electron chi connectivity index (χ2n) is 5.21. The fourth-order valence-electron chi connectivity index (χ4n) is 2.51. The van der Waals surface area contributed by atoms with Gasteiger partial charge in [-0.2, -0.15) is 0 Å². The van der Waals surface area contributed by atoms with Crippen LogP contribution in [0.1, 0.15) is 17.0 Å². The van der Waals surface area contributed by atoms with Crippen molar-refractivity contribution in [1.82, 2.24) is 0 Å². The van der Waals surface area contributed by atoms with E-state index in [2.05, 4.69) is 0 Å². The van der Waals surface area contributed by atoms with Crippen LogP contribution in [0.15, 0.2) is 84.9 Å². The van der Waals surface area contributed by atoms with Gasteiger partial charge in [-0.3, -0.25) is 0 Å². The number of alkyl halides is 2. The molecule has 1 nitrogen and oxygen atoms in total. The van der Waals surface area contributed by atoms with Crippen molar-refractivity contribution >= 4 is 23.2 Å². The van der Waals surface area contributed by atoms with Crippen molar-refractivity contribution in [2.24, 2.45) is 0 Å². The predicted octanol–water partition coefficient (Wildman–Crippen LogP) is 6.41. The molecule has 0 saturated heterocycles. The Labute approximate surface area is 146 Å². The van der Waals surface area contributed by atoms with Crippen LogP contribution in [-0.2, 0) is 0 Å². The number of hydrogen-bond donors (Lipinski definition) is 0. The number of benzene rings is 3. The largest absolute Gasteiger partial charge is 0.457 e. The molecule has 1 atom stereocenters. The molecule has 0 aliphatic heterocycles. The molecule has 0 bridgehead atoms. The van der Waals surface area contributed by atoms with Gasteiger partial charge < -0.3 is 4.74 Å². The Bertz CT molecular complexity index is 725. The highest BCUT2D eigenvalue weighted by Gasteiger charge is 2.21. The van der Waals surface area contributed by atoms with E-state index in [1.54, 1.807) is 0 Å². The maximum absolute atomic E-state index is 6.22. The maximum atomic E-state index is 6.22. The third kappa shape index (κ3) is 4.07. The zero-order chi connectivity index (χ0) is 16.1. The number of rotatable bonds is 5. The number of hydrogen-bond acceptors (Lipinski definition) is 1. The molecule has 3 heteroatoms. The van der Waals surface area contributed by atoms with Gasteiger partial charge in [-0.05, 0) is 35.4 Å². The van der Waals surface area contributed by atoms with Gasteiger partial charge in [-0.1, -0.05) is 60.7 Å². The molecule has 0 N–H and O–H groups in total. The van der Waals surface area contributed by atoms with Gasteiger partial charge in [0.25, 0.3) is 0 Å². The van der Waals surface area contributed by atoms with Crippen LogP contribution in [-0.4, -0.2) is 4.84 Å². The van der Waals surface area contributed by atoms with E-state index in [9.17, 15) is 0 Å². The van der Waals surface area contributed by atoms with Gasteiger partial charge in [0.15, 0.2) is 0 Å². The summed E-state index contributed by atoms with van der Waals surface area (Å²) < 4.78 is 5.81. The Kier molecular flexibility index (Phi) is 5.22. The van der Waals surface area contributed by atoms with Gasteiger partial charge >= 0.3 is 0 Å². The van der Waals surface area contributed by atoms with Crippen LogP contribution in [0.25, 0.3) is 0 Å². The molecule has 3 aromatic rings. The highest BCUT2D eigenvalue weighted by Crippen LogP contribution is 2.34. The van der Waals surface area contributed by atoms with Gasteiger partial charge in [0, 0.05) is 5.92 Å². The van der Waals surface area contributed by atoms with Crippen molar-refractivity contribution in [3.63, 3.8) is 0 Å². The molecule has 0 aliphatic rings. The summed E-state index contributed by atoms with van der Waals surface area (Å²) in [5.41, 5.74) is 2.16. The summed E-state index contributed by atoms with van der Waals surface area (Å²) in [4.78, 5) is -0.515. The standard InChI is InChI=1S/C20H16Cl2O/c21-20(22)19(15-7-3-1-4-8-15)16-11-13-18(14-12-16)23-17-9-5-2-6-10-17/h1-14,19-20H. The minimum atomic E-state index is -0.515. The highest BCUT2D eigenvalue weighted by molar-refractivity contribution is 6.45. The van der Waals surface area contributed by atoms with Gasteiger partial charge in [0.05, 0.1) is 0 Å². The minimum absolute atomic E-state index is 0.0645.